The Kier molecular flexibility index (Phi) is 8.03. The van der Waals surface area contributed by atoms with Crippen LogP contribution in [-0.2, 0) is 0 Å². The molecule has 0 aromatic rings. The van der Waals surface area contributed by atoms with Crippen molar-refractivity contribution in [1.29, 1.82) is 0 Å². The molecule has 0 bridgehead atoms. The van der Waals surface area contributed by atoms with Gasteiger partial charge in [-0.05, 0) is 25.9 Å². The standard InChI is InChI=1S/C10H23N/c1-4-7-10(2)8-5-6-9-11-3/h10-11H,4-9H2,1-3H3/t10-/m0/s1. The molecule has 1 heteroatoms. The number of nitrogens with one attached hydrogen (secondary N) is 1. The van der Waals surface area contributed by atoms with Crippen LogP contribution < -0.4 is 5.32 Å². The van der Waals surface area contributed by atoms with Crippen molar-refractivity contribution >= 4 is 0 Å². The van der Waals surface area contributed by atoms with Crippen molar-refractivity contribution in [3.05, 3.63) is 0 Å². The van der Waals surface area contributed by atoms with E-state index in [1.807, 2.05) is 7.05 Å². The molecule has 0 aliphatic rings. The van der Waals surface area contributed by atoms with Crippen LogP contribution in [0.4, 0.5) is 0 Å². The third-order valence-corrected chi connectivity index (χ3v) is 2.16. The van der Waals surface area contributed by atoms with Crippen molar-refractivity contribution < 1.29 is 0 Å². The minimum absolute atomic E-state index is 0.942. The van der Waals surface area contributed by atoms with Crippen LogP contribution in [0.5, 0.6) is 0 Å². The van der Waals surface area contributed by atoms with Gasteiger partial charge in [0.1, 0.15) is 0 Å². The summed E-state index contributed by atoms with van der Waals surface area (Å²) in [7, 11) is 2.02. The highest BCUT2D eigenvalue weighted by Crippen LogP contribution is 2.12. The summed E-state index contributed by atoms with van der Waals surface area (Å²) < 4.78 is 0. The summed E-state index contributed by atoms with van der Waals surface area (Å²) in [6.45, 7) is 5.81. The van der Waals surface area contributed by atoms with E-state index in [0.717, 1.165) is 5.92 Å². The fraction of sp³-hybridized carbons (Fsp3) is 1.00. The van der Waals surface area contributed by atoms with Gasteiger partial charge in [-0.25, -0.2) is 0 Å². The van der Waals surface area contributed by atoms with Gasteiger partial charge in [-0.15, -0.1) is 0 Å². The molecule has 0 aliphatic carbocycles. The Hall–Kier alpha value is -0.0400. The van der Waals surface area contributed by atoms with E-state index in [0.29, 0.717) is 0 Å². The lowest BCUT2D eigenvalue weighted by Crippen LogP contribution is -2.07. The van der Waals surface area contributed by atoms with Crippen LogP contribution in [0, 0.1) is 5.92 Å². The van der Waals surface area contributed by atoms with Crippen molar-refractivity contribution in [2.75, 3.05) is 13.6 Å². The second-order valence-corrected chi connectivity index (χ2v) is 3.49. The fourth-order valence-electron chi connectivity index (χ4n) is 1.43. The lowest BCUT2D eigenvalue weighted by molar-refractivity contribution is 0.458. The maximum absolute atomic E-state index is 3.17. The maximum Gasteiger partial charge on any atom is -0.00519 e. The molecular weight excluding hydrogens is 134 g/mol. The number of hydrogen-bond acceptors (Lipinski definition) is 1. The van der Waals surface area contributed by atoms with Crippen molar-refractivity contribution in [3.8, 4) is 0 Å². The topological polar surface area (TPSA) is 12.0 Å². The zero-order valence-electron chi connectivity index (χ0n) is 8.32. The minimum atomic E-state index is 0.942. The highest BCUT2D eigenvalue weighted by Gasteiger charge is 1.98. The fourth-order valence-corrected chi connectivity index (χ4v) is 1.43. The van der Waals surface area contributed by atoms with Gasteiger partial charge in [0.25, 0.3) is 0 Å². The Morgan fingerprint density at radius 2 is 1.91 bits per heavy atom. The van der Waals surface area contributed by atoms with E-state index in [2.05, 4.69) is 19.2 Å². The SMILES string of the molecule is CCC[C@H](C)CCCCNC. The van der Waals surface area contributed by atoms with Gasteiger partial charge in [0, 0.05) is 0 Å². The van der Waals surface area contributed by atoms with E-state index in [-0.39, 0.29) is 0 Å². The molecule has 0 rings (SSSR count). The van der Waals surface area contributed by atoms with Gasteiger partial charge in [-0.1, -0.05) is 39.5 Å². The Morgan fingerprint density at radius 1 is 1.18 bits per heavy atom. The van der Waals surface area contributed by atoms with Gasteiger partial charge in [-0.2, -0.15) is 0 Å². The molecule has 0 aliphatic heterocycles. The quantitative estimate of drug-likeness (QED) is 0.560. The zero-order chi connectivity index (χ0) is 8.53. The van der Waals surface area contributed by atoms with E-state index >= 15 is 0 Å². The van der Waals surface area contributed by atoms with Crippen molar-refractivity contribution in [3.63, 3.8) is 0 Å². The Morgan fingerprint density at radius 3 is 2.45 bits per heavy atom. The van der Waals surface area contributed by atoms with Crippen LogP contribution in [0.1, 0.15) is 46.0 Å². The molecule has 0 spiro atoms. The zero-order valence-corrected chi connectivity index (χ0v) is 8.32. The average molecular weight is 157 g/mol. The molecule has 0 heterocycles. The predicted molar refractivity (Wildman–Crippen MR) is 51.8 cm³/mol. The third-order valence-electron chi connectivity index (χ3n) is 2.16. The average Bonchev–Trinajstić information content (AvgIpc) is 1.99. The lowest BCUT2D eigenvalue weighted by Gasteiger charge is -2.08. The van der Waals surface area contributed by atoms with Gasteiger partial charge < -0.3 is 5.32 Å². The lowest BCUT2D eigenvalue weighted by atomic mass is 9.99. The molecule has 0 unspecified atom stereocenters. The molecule has 0 radical (unpaired) electrons. The van der Waals surface area contributed by atoms with Gasteiger partial charge in [-0.3, -0.25) is 0 Å². The Bertz CT molecular complexity index is 71.3. The highest BCUT2D eigenvalue weighted by atomic mass is 14.8. The number of rotatable bonds is 7. The first-order valence-electron chi connectivity index (χ1n) is 4.95. The summed E-state index contributed by atoms with van der Waals surface area (Å²) in [5.74, 6) is 0.942. The molecule has 0 fully saturated rings. The van der Waals surface area contributed by atoms with Gasteiger partial charge in [0.05, 0.1) is 0 Å². The molecule has 1 atom stereocenters. The summed E-state index contributed by atoms with van der Waals surface area (Å²) in [5, 5.41) is 3.17. The first-order chi connectivity index (χ1) is 5.31. The van der Waals surface area contributed by atoms with Crippen molar-refractivity contribution in [1.82, 2.24) is 5.32 Å². The third kappa shape index (κ3) is 7.86. The van der Waals surface area contributed by atoms with E-state index in [1.165, 1.54) is 38.6 Å². The molecule has 1 nitrogen and oxygen atoms in total. The van der Waals surface area contributed by atoms with Crippen LogP contribution in [0.25, 0.3) is 0 Å². The monoisotopic (exact) mass is 157 g/mol. The molecule has 0 saturated heterocycles. The summed E-state index contributed by atoms with van der Waals surface area (Å²) >= 11 is 0. The van der Waals surface area contributed by atoms with Crippen LogP contribution >= 0.6 is 0 Å². The summed E-state index contributed by atoms with van der Waals surface area (Å²) in [6, 6.07) is 0. The van der Waals surface area contributed by atoms with Gasteiger partial charge in [0.2, 0.25) is 0 Å². The maximum atomic E-state index is 3.17. The second-order valence-electron chi connectivity index (χ2n) is 3.49. The number of hydrogen-bond donors (Lipinski definition) is 1. The van der Waals surface area contributed by atoms with Crippen LogP contribution in [0.2, 0.25) is 0 Å². The van der Waals surface area contributed by atoms with E-state index in [4.69, 9.17) is 0 Å². The smallest absolute Gasteiger partial charge is 0.00519 e. The van der Waals surface area contributed by atoms with Crippen LogP contribution in [0.3, 0.4) is 0 Å². The summed E-state index contributed by atoms with van der Waals surface area (Å²) in [6.07, 6.45) is 6.88. The predicted octanol–water partition coefficient (Wildman–Crippen LogP) is 2.81. The molecule has 11 heavy (non-hydrogen) atoms. The molecule has 0 aromatic heterocycles. The Labute approximate surface area is 71.6 Å². The molecule has 0 aromatic carbocycles. The number of unbranched alkanes of at least 4 members (excludes halogenated alkanes) is 1. The first kappa shape index (κ1) is 11.0. The van der Waals surface area contributed by atoms with Gasteiger partial charge in [0.15, 0.2) is 0 Å². The molecule has 0 amide bonds. The van der Waals surface area contributed by atoms with Gasteiger partial charge >= 0.3 is 0 Å². The highest BCUT2D eigenvalue weighted by molar-refractivity contribution is 4.53. The van der Waals surface area contributed by atoms with E-state index < -0.39 is 0 Å². The normalized spacial score (nSPS) is 13.4. The molecule has 0 saturated carbocycles. The minimum Gasteiger partial charge on any atom is -0.320 e. The molecular formula is C10H23N. The van der Waals surface area contributed by atoms with E-state index in [1.54, 1.807) is 0 Å². The summed E-state index contributed by atoms with van der Waals surface area (Å²) in [5.41, 5.74) is 0. The summed E-state index contributed by atoms with van der Waals surface area (Å²) in [4.78, 5) is 0. The Balaban J connectivity index is 2.97. The second kappa shape index (κ2) is 8.06. The van der Waals surface area contributed by atoms with Crippen LogP contribution in [0.15, 0.2) is 0 Å². The van der Waals surface area contributed by atoms with Crippen molar-refractivity contribution in [2.45, 2.75) is 46.0 Å². The molecule has 1 N–H and O–H groups in total. The van der Waals surface area contributed by atoms with E-state index in [9.17, 15) is 0 Å². The molecule has 68 valence electrons. The first-order valence-corrected chi connectivity index (χ1v) is 4.95. The van der Waals surface area contributed by atoms with Crippen molar-refractivity contribution in [2.24, 2.45) is 5.92 Å². The van der Waals surface area contributed by atoms with Crippen LogP contribution in [-0.4, -0.2) is 13.6 Å². The largest absolute Gasteiger partial charge is 0.320 e.